The Morgan fingerprint density at radius 2 is 2.03 bits per heavy atom. The van der Waals surface area contributed by atoms with E-state index in [9.17, 15) is 9.18 Å². The van der Waals surface area contributed by atoms with Crippen molar-refractivity contribution in [1.29, 1.82) is 0 Å². The van der Waals surface area contributed by atoms with Crippen LogP contribution in [0.15, 0.2) is 47.5 Å². The molecule has 9 heteroatoms. The number of nitrogens with zero attached hydrogens (tertiary/aromatic N) is 4. The molecule has 1 aromatic heterocycles. The molecule has 6 nitrogen and oxygen atoms in total. The lowest BCUT2D eigenvalue weighted by Gasteiger charge is -2.25. The SMILES string of the molecule is CCc1cn(-c2cc3c(cc2F)SC[C@H](N)C(=O)N3Cc2ccc(Cl)cc2)nn1. The number of amides is 1. The highest BCUT2D eigenvalue weighted by molar-refractivity contribution is 7.99. The summed E-state index contributed by atoms with van der Waals surface area (Å²) in [5.41, 5.74) is 8.57. The van der Waals surface area contributed by atoms with Gasteiger partial charge in [-0.15, -0.1) is 16.9 Å². The number of fused-ring (bicyclic) bond motifs is 1. The monoisotopic (exact) mass is 431 g/mol. The highest BCUT2D eigenvalue weighted by Crippen LogP contribution is 2.37. The number of carbonyl (C=O) groups excluding carboxylic acids is 1. The second-order valence-electron chi connectivity index (χ2n) is 6.75. The summed E-state index contributed by atoms with van der Waals surface area (Å²) in [6.45, 7) is 2.26. The first-order valence-corrected chi connectivity index (χ1v) is 10.5. The van der Waals surface area contributed by atoms with Crippen molar-refractivity contribution >= 4 is 35.0 Å². The predicted molar refractivity (Wildman–Crippen MR) is 112 cm³/mol. The molecule has 0 saturated heterocycles. The number of carbonyl (C=O) groups is 1. The van der Waals surface area contributed by atoms with E-state index in [1.807, 2.05) is 19.1 Å². The van der Waals surface area contributed by atoms with E-state index >= 15 is 0 Å². The van der Waals surface area contributed by atoms with Crippen molar-refractivity contribution in [2.75, 3.05) is 10.7 Å². The molecule has 1 atom stereocenters. The lowest BCUT2D eigenvalue weighted by atomic mass is 10.1. The number of thioether (sulfide) groups is 1. The first-order chi connectivity index (χ1) is 14.0. The Labute approximate surface area is 176 Å². The van der Waals surface area contributed by atoms with Gasteiger partial charge in [0.15, 0.2) is 0 Å². The van der Waals surface area contributed by atoms with Gasteiger partial charge in [-0.3, -0.25) is 4.79 Å². The predicted octanol–water partition coefficient (Wildman–Crippen LogP) is 3.59. The summed E-state index contributed by atoms with van der Waals surface area (Å²) in [7, 11) is 0. The molecule has 2 heterocycles. The lowest BCUT2D eigenvalue weighted by molar-refractivity contribution is -0.119. The fourth-order valence-electron chi connectivity index (χ4n) is 3.12. The summed E-state index contributed by atoms with van der Waals surface area (Å²) >= 11 is 7.34. The van der Waals surface area contributed by atoms with E-state index in [1.54, 1.807) is 29.3 Å². The molecule has 0 radical (unpaired) electrons. The number of nitrogens with two attached hydrogens (primary N) is 1. The maximum atomic E-state index is 14.9. The number of rotatable bonds is 4. The molecule has 0 fully saturated rings. The van der Waals surface area contributed by atoms with Crippen LogP contribution in [0.2, 0.25) is 5.02 Å². The first-order valence-electron chi connectivity index (χ1n) is 9.15. The number of hydrogen-bond acceptors (Lipinski definition) is 5. The average Bonchev–Trinajstić information content (AvgIpc) is 3.16. The van der Waals surface area contributed by atoms with E-state index in [1.165, 1.54) is 22.5 Å². The third kappa shape index (κ3) is 4.01. The molecule has 1 aliphatic heterocycles. The van der Waals surface area contributed by atoms with E-state index in [4.69, 9.17) is 17.3 Å². The molecule has 0 aliphatic carbocycles. The van der Waals surface area contributed by atoms with Crippen LogP contribution in [-0.2, 0) is 17.8 Å². The molecule has 4 rings (SSSR count). The van der Waals surface area contributed by atoms with Gasteiger partial charge >= 0.3 is 0 Å². The number of aryl methyl sites for hydroxylation is 1. The molecular formula is C20H19ClFN5OS. The van der Waals surface area contributed by atoms with Crippen LogP contribution in [0, 0.1) is 5.82 Å². The average molecular weight is 432 g/mol. The van der Waals surface area contributed by atoms with Gasteiger partial charge in [0.1, 0.15) is 11.5 Å². The molecule has 150 valence electrons. The fourth-order valence-corrected chi connectivity index (χ4v) is 4.25. The van der Waals surface area contributed by atoms with Crippen LogP contribution < -0.4 is 10.6 Å². The smallest absolute Gasteiger partial charge is 0.245 e. The standard InChI is InChI=1S/C20H19ClFN5OS/c1-2-14-10-27(25-24-14)17-8-18-19(7-15(17)22)29-11-16(23)20(28)26(18)9-12-3-5-13(21)6-4-12/h3-8,10,16H,2,9,11,23H2,1H3/t16-/m0/s1. The molecule has 3 aromatic rings. The minimum absolute atomic E-state index is 0.211. The van der Waals surface area contributed by atoms with Gasteiger partial charge in [0.05, 0.1) is 30.2 Å². The normalized spacial score (nSPS) is 16.6. The fraction of sp³-hybridized carbons (Fsp3) is 0.250. The second-order valence-corrected chi connectivity index (χ2v) is 8.25. The van der Waals surface area contributed by atoms with Gasteiger partial charge in [-0.1, -0.05) is 35.9 Å². The van der Waals surface area contributed by atoms with Crippen molar-refractivity contribution in [2.24, 2.45) is 5.73 Å². The van der Waals surface area contributed by atoms with E-state index in [0.29, 0.717) is 34.3 Å². The third-order valence-corrected chi connectivity index (χ3v) is 6.14. The van der Waals surface area contributed by atoms with Crippen molar-refractivity contribution in [3.63, 3.8) is 0 Å². The second kappa shape index (κ2) is 8.14. The topological polar surface area (TPSA) is 77.0 Å². The number of halogens is 2. The van der Waals surface area contributed by atoms with Crippen molar-refractivity contribution in [1.82, 2.24) is 15.0 Å². The van der Waals surface area contributed by atoms with E-state index in [0.717, 1.165) is 11.3 Å². The maximum absolute atomic E-state index is 14.9. The lowest BCUT2D eigenvalue weighted by Crippen LogP contribution is -2.44. The molecule has 2 N–H and O–H groups in total. The molecule has 1 amide bonds. The molecule has 0 bridgehead atoms. The summed E-state index contributed by atoms with van der Waals surface area (Å²) in [6.07, 6.45) is 2.38. The van der Waals surface area contributed by atoms with Gasteiger partial charge in [0.2, 0.25) is 5.91 Å². The summed E-state index contributed by atoms with van der Waals surface area (Å²) in [4.78, 5) is 15.3. The van der Waals surface area contributed by atoms with E-state index in [-0.39, 0.29) is 11.6 Å². The zero-order valence-corrected chi connectivity index (χ0v) is 17.3. The van der Waals surface area contributed by atoms with Gasteiger partial charge < -0.3 is 10.6 Å². The maximum Gasteiger partial charge on any atom is 0.245 e. The van der Waals surface area contributed by atoms with Crippen LogP contribution in [0.1, 0.15) is 18.2 Å². The Bertz CT molecular complexity index is 1060. The van der Waals surface area contributed by atoms with Crippen LogP contribution in [-0.4, -0.2) is 32.7 Å². The first kappa shape index (κ1) is 19.9. The van der Waals surface area contributed by atoms with Crippen molar-refractivity contribution < 1.29 is 9.18 Å². The van der Waals surface area contributed by atoms with Crippen LogP contribution in [0.4, 0.5) is 10.1 Å². The van der Waals surface area contributed by atoms with Crippen LogP contribution in [0.3, 0.4) is 0 Å². The zero-order valence-electron chi connectivity index (χ0n) is 15.7. The summed E-state index contributed by atoms with van der Waals surface area (Å²) < 4.78 is 16.2. The van der Waals surface area contributed by atoms with Gasteiger partial charge in [0, 0.05) is 15.7 Å². The van der Waals surface area contributed by atoms with Gasteiger partial charge in [-0.25, -0.2) is 9.07 Å². The minimum Gasteiger partial charge on any atom is -0.319 e. The van der Waals surface area contributed by atoms with Crippen LogP contribution in [0.5, 0.6) is 0 Å². The third-order valence-electron chi connectivity index (χ3n) is 4.72. The number of anilines is 1. The van der Waals surface area contributed by atoms with Gasteiger partial charge in [-0.05, 0) is 36.2 Å². The molecule has 0 saturated carbocycles. The van der Waals surface area contributed by atoms with E-state index < -0.39 is 11.9 Å². The minimum atomic E-state index is -0.677. The Morgan fingerprint density at radius 3 is 2.72 bits per heavy atom. The Balaban J connectivity index is 1.79. The Kier molecular flexibility index (Phi) is 5.58. The van der Waals surface area contributed by atoms with Gasteiger partial charge in [0.25, 0.3) is 0 Å². The molecule has 2 aromatic carbocycles. The number of hydrogen-bond donors (Lipinski definition) is 1. The zero-order chi connectivity index (χ0) is 20.5. The molecule has 0 spiro atoms. The molecule has 29 heavy (non-hydrogen) atoms. The quantitative estimate of drug-likeness (QED) is 0.683. The molecule has 1 aliphatic rings. The largest absolute Gasteiger partial charge is 0.319 e. The van der Waals surface area contributed by atoms with Crippen molar-refractivity contribution in [2.45, 2.75) is 30.8 Å². The van der Waals surface area contributed by atoms with E-state index in [2.05, 4.69) is 10.3 Å². The summed E-state index contributed by atoms with van der Waals surface area (Å²) in [5, 5.41) is 8.67. The number of aromatic nitrogens is 3. The van der Waals surface area contributed by atoms with Crippen molar-refractivity contribution in [3.05, 3.63) is 64.7 Å². The van der Waals surface area contributed by atoms with Crippen molar-refractivity contribution in [3.8, 4) is 5.69 Å². The highest BCUT2D eigenvalue weighted by Gasteiger charge is 2.30. The van der Waals surface area contributed by atoms with Crippen LogP contribution >= 0.6 is 23.4 Å². The highest BCUT2D eigenvalue weighted by atomic mass is 35.5. The number of benzene rings is 2. The Morgan fingerprint density at radius 1 is 1.28 bits per heavy atom. The van der Waals surface area contributed by atoms with Crippen LogP contribution in [0.25, 0.3) is 5.69 Å². The molecular weight excluding hydrogens is 413 g/mol. The van der Waals surface area contributed by atoms with Gasteiger partial charge in [-0.2, -0.15) is 0 Å². The summed E-state index contributed by atoms with van der Waals surface area (Å²) in [6, 6.07) is 9.64. The summed E-state index contributed by atoms with van der Waals surface area (Å²) in [5.74, 6) is -0.264. The Hall–Kier alpha value is -2.42. The molecule has 0 unspecified atom stereocenters.